The summed E-state index contributed by atoms with van der Waals surface area (Å²) in [7, 11) is 0. The lowest BCUT2D eigenvalue weighted by atomic mass is 9.97. The van der Waals surface area contributed by atoms with Gasteiger partial charge < -0.3 is 4.98 Å². The van der Waals surface area contributed by atoms with Crippen molar-refractivity contribution in [2.45, 2.75) is 57.7 Å². The van der Waals surface area contributed by atoms with Crippen molar-refractivity contribution in [3.8, 4) is 0 Å². The smallest absolute Gasteiger partial charge is 0.263 e. The molecule has 1 aliphatic rings. The molecule has 0 fully saturated rings. The Balaban J connectivity index is 1.49. The lowest BCUT2D eigenvalue weighted by Gasteiger charge is -2.14. The van der Waals surface area contributed by atoms with Crippen LogP contribution in [-0.4, -0.2) is 26.1 Å². The summed E-state index contributed by atoms with van der Waals surface area (Å²) in [5.74, 6) is 0.786. The van der Waals surface area contributed by atoms with Crippen LogP contribution in [0.5, 0.6) is 0 Å². The van der Waals surface area contributed by atoms with Gasteiger partial charge in [0.2, 0.25) is 0 Å². The van der Waals surface area contributed by atoms with Gasteiger partial charge in [-0.3, -0.25) is 14.2 Å². The van der Waals surface area contributed by atoms with Gasteiger partial charge in [-0.05, 0) is 49.7 Å². The second-order valence-electron chi connectivity index (χ2n) is 8.88. The normalized spacial score (nSPS) is 13.8. The van der Waals surface area contributed by atoms with Gasteiger partial charge in [-0.1, -0.05) is 43.8 Å². The maximum Gasteiger partial charge on any atom is 0.263 e. The Morgan fingerprint density at radius 2 is 2.06 bits per heavy atom. The largest absolute Gasteiger partial charge is 0.360 e. The number of rotatable bonds is 7. The van der Waals surface area contributed by atoms with Crippen molar-refractivity contribution in [1.29, 1.82) is 0 Å². The monoisotopic (exact) mass is 465 g/mol. The predicted octanol–water partition coefficient (Wildman–Crippen LogP) is 5.84. The van der Waals surface area contributed by atoms with Gasteiger partial charge in [0.05, 0.1) is 11.1 Å². The fraction of sp³-hybridized carbons (Fsp3) is 0.400. The average Bonchev–Trinajstić information content (AvgIpc) is 3.38. The molecule has 5 nitrogen and oxygen atoms in total. The van der Waals surface area contributed by atoms with E-state index in [9.17, 15) is 9.59 Å². The van der Waals surface area contributed by atoms with E-state index >= 15 is 0 Å². The SMILES string of the molecule is CC(C)CCn1c(SCC(=O)c2c[nH]c3ccccc23)nc2sc3c(c2c1=O)CCCC3. The summed E-state index contributed by atoms with van der Waals surface area (Å²) >= 11 is 3.05. The number of hydrogen-bond donors (Lipinski definition) is 1. The maximum absolute atomic E-state index is 13.6. The number of aromatic nitrogens is 3. The minimum absolute atomic E-state index is 0.0441. The fourth-order valence-electron chi connectivity index (χ4n) is 4.42. The molecule has 0 radical (unpaired) electrons. The Labute approximate surface area is 195 Å². The zero-order valence-corrected chi connectivity index (χ0v) is 20.1. The number of carbonyl (C=O) groups is 1. The first-order valence-corrected chi connectivity index (χ1v) is 13.1. The lowest BCUT2D eigenvalue weighted by molar-refractivity contribution is 0.102. The summed E-state index contributed by atoms with van der Waals surface area (Å²) in [5, 5.41) is 2.42. The number of para-hydroxylation sites is 1. The van der Waals surface area contributed by atoms with Gasteiger partial charge in [-0.25, -0.2) is 4.98 Å². The molecule has 3 aromatic heterocycles. The highest BCUT2D eigenvalue weighted by Crippen LogP contribution is 2.35. The molecule has 1 N–H and O–H groups in total. The van der Waals surface area contributed by atoms with E-state index < -0.39 is 0 Å². The molecule has 7 heteroatoms. The van der Waals surface area contributed by atoms with Crippen LogP contribution in [-0.2, 0) is 19.4 Å². The van der Waals surface area contributed by atoms with E-state index in [2.05, 4.69) is 18.8 Å². The summed E-state index contributed by atoms with van der Waals surface area (Å²) in [4.78, 5) is 36.8. The number of thiophene rings is 1. The number of thioether (sulfide) groups is 1. The minimum atomic E-state index is 0.0441. The number of aryl methyl sites for hydroxylation is 2. The number of benzene rings is 1. The summed E-state index contributed by atoms with van der Waals surface area (Å²) in [6.07, 6.45) is 7.03. The van der Waals surface area contributed by atoms with Crippen molar-refractivity contribution in [3.05, 3.63) is 56.8 Å². The summed E-state index contributed by atoms with van der Waals surface area (Å²) in [6, 6.07) is 7.83. The molecule has 0 saturated carbocycles. The van der Waals surface area contributed by atoms with Crippen LogP contribution in [0.25, 0.3) is 21.1 Å². The van der Waals surface area contributed by atoms with Crippen molar-refractivity contribution in [1.82, 2.24) is 14.5 Å². The number of carbonyl (C=O) groups excluding carboxylic acids is 1. The van der Waals surface area contributed by atoms with Gasteiger partial charge in [0.15, 0.2) is 10.9 Å². The molecule has 1 aliphatic carbocycles. The topological polar surface area (TPSA) is 67.8 Å². The predicted molar refractivity (Wildman–Crippen MR) is 133 cm³/mol. The quantitative estimate of drug-likeness (QED) is 0.212. The molecule has 0 spiro atoms. The molecule has 0 atom stereocenters. The number of ketones is 1. The van der Waals surface area contributed by atoms with E-state index in [0.29, 0.717) is 23.2 Å². The maximum atomic E-state index is 13.6. The number of aromatic amines is 1. The van der Waals surface area contributed by atoms with Crippen molar-refractivity contribution < 1.29 is 4.79 Å². The zero-order chi connectivity index (χ0) is 22.2. The molecule has 3 heterocycles. The van der Waals surface area contributed by atoms with Gasteiger partial charge in [0.25, 0.3) is 5.56 Å². The summed E-state index contributed by atoms with van der Waals surface area (Å²) in [5.41, 5.74) is 2.94. The van der Waals surface area contributed by atoms with Gasteiger partial charge >= 0.3 is 0 Å². The first-order valence-electron chi connectivity index (χ1n) is 11.3. The second-order valence-corrected chi connectivity index (χ2v) is 10.9. The van der Waals surface area contributed by atoms with Crippen LogP contribution in [0.4, 0.5) is 0 Å². The Bertz CT molecular complexity index is 1360. The van der Waals surface area contributed by atoms with E-state index in [-0.39, 0.29) is 17.1 Å². The number of fused-ring (bicyclic) bond motifs is 4. The first kappa shape index (κ1) is 21.5. The van der Waals surface area contributed by atoms with E-state index in [1.54, 1.807) is 17.5 Å². The van der Waals surface area contributed by atoms with Gasteiger partial charge in [0, 0.05) is 34.1 Å². The van der Waals surface area contributed by atoms with Crippen molar-refractivity contribution in [2.24, 2.45) is 5.92 Å². The Hall–Kier alpha value is -2.38. The Kier molecular flexibility index (Phi) is 5.95. The number of nitrogens with one attached hydrogen (secondary N) is 1. The molecule has 1 aromatic carbocycles. The number of Topliss-reactive ketones (excluding diaryl/α,β-unsaturated/α-hetero) is 1. The van der Waals surface area contributed by atoms with Gasteiger partial charge in [0.1, 0.15) is 4.83 Å². The van der Waals surface area contributed by atoms with E-state index in [0.717, 1.165) is 46.8 Å². The fourth-order valence-corrected chi connectivity index (χ4v) is 6.64. The van der Waals surface area contributed by atoms with Crippen LogP contribution in [0.1, 0.15) is 53.9 Å². The summed E-state index contributed by atoms with van der Waals surface area (Å²) in [6.45, 7) is 4.96. The van der Waals surface area contributed by atoms with Crippen LogP contribution < -0.4 is 5.56 Å². The second kappa shape index (κ2) is 8.87. The average molecular weight is 466 g/mol. The van der Waals surface area contributed by atoms with E-state index in [4.69, 9.17) is 4.98 Å². The standard InChI is InChI=1S/C25H27N3O2S2/c1-15(2)11-12-28-24(30)22-17-8-4-6-10-21(17)32-23(22)27-25(28)31-14-20(29)18-13-26-19-9-5-3-7-16(18)19/h3,5,7,9,13,15,26H,4,6,8,10-12,14H2,1-2H3. The third-order valence-corrected chi connectivity index (χ3v) is 8.35. The molecular weight excluding hydrogens is 438 g/mol. The molecule has 0 unspecified atom stereocenters. The molecular formula is C25H27N3O2S2. The van der Waals surface area contributed by atoms with Crippen LogP contribution in [0.3, 0.4) is 0 Å². The number of H-pyrrole nitrogens is 1. The highest BCUT2D eigenvalue weighted by molar-refractivity contribution is 7.99. The van der Waals surface area contributed by atoms with Crippen LogP contribution >= 0.6 is 23.1 Å². The molecule has 0 bridgehead atoms. The van der Waals surface area contributed by atoms with Crippen molar-refractivity contribution in [2.75, 3.05) is 5.75 Å². The van der Waals surface area contributed by atoms with E-state index in [1.165, 1.54) is 28.6 Å². The van der Waals surface area contributed by atoms with E-state index in [1.807, 2.05) is 28.8 Å². The highest BCUT2D eigenvalue weighted by Gasteiger charge is 2.23. The third kappa shape index (κ3) is 3.92. The van der Waals surface area contributed by atoms with Crippen LogP contribution in [0.15, 0.2) is 40.4 Å². The molecule has 5 rings (SSSR count). The van der Waals surface area contributed by atoms with Gasteiger partial charge in [-0.15, -0.1) is 11.3 Å². The molecule has 0 saturated heterocycles. The zero-order valence-electron chi connectivity index (χ0n) is 18.4. The highest BCUT2D eigenvalue weighted by atomic mass is 32.2. The Morgan fingerprint density at radius 3 is 2.91 bits per heavy atom. The van der Waals surface area contributed by atoms with Crippen molar-refractivity contribution >= 4 is 50.0 Å². The first-order chi connectivity index (χ1) is 15.5. The number of hydrogen-bond acceptors (Lipinski definition) is 5. The molecule has 4 aromatic rings. The third-order valence-electron chi connectivity index (χ3n) is 6.19. The molecule has 0 aliphatic heterocycles. The Morgan fingerprint density at radius 1 is 1.25 bits per heavy atom. The molecule has 32 heavy (non-hydrogen) atoms. The molecule has 166 valence electrons. The van der Waals surface area contributed by atoms with Crippen LogP contribution in [0, 0.1) is 5.92 Å². The minimum Gasteiger partial charge on any atom is -0.360 e. The number of nitrogens with zero attached hydrogens (tertiary/aromatic N) is 2. The van der Waals surface area contributed by atoms with Crippen LogP contribution in [0.2, 0.25) is 0 Å². The molecule has 0 amide bonds. The summed E-state index contributed by atoms with van der Waals surface area (Å²) < 4.78 is 1.82. The lowest BCUT2D eigenvalue weighted by Crippen LogP contribution is -2.25. The van der Waals surface area contributed by atoms with Gasteiger partial charge in [-0.2, -0.15) is 0 Å². The van der Waals surface area contributed by atoms with Crippen molar-refractivity contribution in [3.63, 3.8) is 0 Å².